The van der Waals surface area contributed by atoms with Crippen LogP contribution in [0.3, 0.4) is 0 Å². The first-order valence-corrected chi connectivity index (χ1v) is 8.09. The van der Waals surface area contributed by atoms with E-state index in [4.69, 9.17) is 0 Å². The van der Waals surface area contributed by atoms with Crippen LogP contribution in [-0.4, -0.2) is 23.1 Å². The molecule has 0 radical (unpaired) electrons. The number of rotatable bonds is 4. The number of aryl methyl sites for hydroxylation is 1. The fourth-order valence-corrected chi connectivity index (χ4v) is 2.96. The Morgan fingerprint density at radius 3 is 2.95 bits per heavy atom. The molecule has 1 aliphatic heterocycles. The summed E-state index contributed by atoms with van der Waals surface area (Å²) < 4.78 is 0. The van der Waals surface area contributed by atoms with Crippen LogP contribution in [0.2, 0.25) is 0 Å². The summed E-state index contributed by atoms with van der Waals surface area (Å²) in [6, 6.07) is 10.4. The lowest BCUT2D eigenvalue weighted by atomic mass is 10.0. The van der Waals surface area contributed by atoms with E-state index in [-0.39, 0.29) is 0 Å². The van der Waals surface area contributed by atoms with Crippen LogP contribution >= 0.6 is 0 Å². The second kappa shape index (κ2) is 6.77. The number of hydrogen-bond acceptors (Lipinski definition) is 4. The molecule has 1 aliphatic rings. The van der Waals surface area contributed by atoms with Crippen molar-refractivity contribution in [3.8, 4) is 0 Å². The van der Waals surface area contributed by atoms with E-state index in [1.807, 2.05) is 12.3 Å². The number of aromatic nitrogens is 2. The Labute approximate surface area is 132 Å². The van der Waals surface area contributed by atoms with Crippen LogP contribution in [0, 0.1) is 12.8 Å². The smallest absolute Gasteiger partial charge is 0.227 e. The predicted octanol–water partition coefficient (Wildman–Crippen LogP) is 3.63. The van der Waals surface area contributed by atoms with E-state index in [0.29, 0.717) is 0 Å². The van der Waals surface area contributed by atoms with Crippen LogP contribution in [0.4, 0.5) is 11.8 Å². The number of piperidine rings is 1. The topological polar surface area (TPSA) is 41.1 Å². The Morgan fingerprint density at radius 2 is 2.14 bits per heavy atom. The van der Waals surface area contributed by atoms with Gasteiger partial charge in [-0.25, -0.2) is 4.98 Å². The van der Waals surface area contributed by atoms with Crippen molar-refractivity contribution in [2.75, 3.05) is 23.3 Å². The minimum absolute atomic E-state index is 0.723. The molecule has 3 rings (SSSR count). The van der Waals surface area contributed by atoms with Gasteiger partial charge >= 0.3 is 0 Å². The Kier molecular flexibility index (Phi) is 4.56. The van der Waals surface area contributed by atoms with Crippen LogP contribution in [-0.2, 0) is 6.54 Å². The average molecular weight is 296 g/mol. The number of benzene rings is 1. The second-order valence-corrected chi connectivity index (χ2v) is 6.22. The highest BCUT2D eigenvalue weighted by Gasteiger charge is 2.18. The summed E-state index contributed by atoms with van der Waals surface area (Å²) in [6.07, 6.45) is 4.38. The van der Waals surface area contributed by atoms with Crippen molar-refractivity contribution in [2.24, 2.45) is 5.92 Å². The molecule has 0 spiro atoms. The summed E-state index contributed by atoms with van der Waals surface area (Å²) >= 11 is 0. The van der Waals surface area contributed by atoms with Gasteiger partial charge < -0.3 is 10.2 Å². The van der Waals surface area contributed by atoms with E-state index in [0.717, 1.165) is 37.3 Å². The summed E-state index contributed by atoms with van der Waals surface area (Å²) in [5, 5.41) is 3.41. The van der Waals surface area contributed by atoms with Crippen molar-refractivity contribution in [2.45, 2.75) is 33.2 Å². The molecule has 1 saturated heterocycles. The van der Waals surface area contributed by atoms with Crippen molar-refractivity contribution in [1.82, 2.24) is 9.97 Å². The first-order valence-electron chi connectivity index (χ1n) is 8.09. The van der Waals surface area contributed by atoms with Crippen LogP contribution in [0.1, 0.15) is 30.9 Å². The predicted molar refractivity (Wildman–Crippen MR) is 91.1 cm³/mol. The summed E-state index contributed by atoms with van der Waals surface area (Å²) in [5.41, 5.74) is 2.60. The molecule has 116 valence electrons. The summed E-state index contributed by atoms with van der Waals surface area (Å²) in [7, 11) is 0. The molecule has 1 aromatic heterocycles. The van der Waals surface area contributed by atoms with Gasteiger partial charge in [0.05, 0.1) is 0 Å². The minimum Gasteiger partial charge on any atom is -0.366 e. The van der Waals surface area contributed by atoms with Crippen molar-refractivity contribution in [1.29, 1.82) is 0 Å². The summed E-state index contributed by atoms with van der Waals surface area (Å²) in [6.45, 7) is 7.34. The molecular weight excluding hydrogens is 272 g/mol. The Bertz CT molecular complexity index is 626. The van der Waals surface area contributed by atoms with Gasteiger partial charge in [0.15, 0.2) is 0 Å². The van der Waals surface area contributed by atoms with Crippen LogP contribution < -0.4 is 10.2 Å². The van der Waals surface area contributed by atoms with Gasteiger partial charge in [0.1, 0.15) is 5.82 Å². The third-order valence-corrected chi connectivity index (χ3v) is 4.30. The van der Waals surface area contributed by atoms with E-state index in [2.05, 4.69) is 58.3 Å². The van der Waals surface area contributed by atoms with Gasteiger partial charge in [-0.05, 0) is 42.9 Å². The van der Waals surface area contributed by atoms with Gasteiger partial charge in [-0.2, -0.15) is 4.98 Å². The van der Waals surface area contributed by atoms with Gasteiger partial charge in [-0.3, -0.25) is 0 Å². The molecule has 22 heavy (non-hydrogen) atoms. The molecule has 1 fully saturated rings. The number of hydrogen-bond donors (Lipinski definition) is 1. The van der Waals surface area contributed by atoms with Gasteiger partial charge in [-0.1, -0.05) is 31.2 Å². The van der Waals surface area contributed by atoms with Crippen LogP contribution in [0.5, 0.6) is 0 Å². The van der Waals surface area contributed by atoms with Gasteiger partial charge in [0, 0.05) is 25.8 Å². The van der Waals surface area contributed by atoms with Crippen molar-refractivity contribution >= 4 is 11.8 Å². The zero-order valence-electron chi connectivity index (χ0n) is 13.4. The lowest BCUT2D eigenvalue weighted by Crippen LogP contribution is -2.35. The molecule has 0 saturated carbocycles. The molecule has 0 amide bonds. The molecule has 2 heterocycles. The van der Waals surface area contributed by atoms with E-state index < -0.39 is 0 Å². The Hall–Kier alpha value is -2.10. The van der Waals surface area contributed by atoms with E-state index >= 15 is 0 Å². The number of anilines is 2. The Balaban J connectivity index is 1.67. The first kappa shape index (κ1) is 14.8. The second-order valence-electron chi connectivity index (χ2n) is 6.22. The molecule has 2 aromatic rings. The van der Waals surface area contributed by atoms with Crippen LogP contribution in [0.25, 0.3) is 0 Å². The van der Waals surface area contributed by atoms with Crippen molar-refractivity contribution in [3.05, 3.63) is 47.7 Å². The highest BCUT2D eigenvalue weighted by Crippen LogP contribution is 2.20. The molecular formula is C18H24N4. The van der Waals surface area contributed by atoms with E-state index in [9.17, 15) is 0 Å². The zero-order valence-corrected chi connectivity index (χ0v) is 13.4. The lowest BCUT2D eigenvalue weighted by Gasteiger charge is -2.30. The molecule has 1 atom stereocenters. The van der Waals surface area contributed by atoms with Crippen molar-refractivity contribution < 1.29 is 0 Å². The van der Waals surface area contributed by atoms with E-state index in [1.54, 1.807) is 0 Å². The summed E-state index contributed by atoms with van der Waals surface area (Å²) in [4.78, 5) is 11.4. The fraction of sp³-hybridized carbons (Fsp3) is 0.444. The van der Waals surface area contributed by atoms with E-state index in [1.165, 1.54) is 24.0 Å². The highest BCUT2D eigenvalue weighted by atomic mass is 15.3. The van der Waals surface area contributed by atoms with Crippen LogP contribution in [0.15, 0.2) is 36.5 Å². The third-order valence-electron chi connectivity index (χ3n) is 4.30. The molecule has 1 aromatic carbocycles. The molecule has 4 nitrogen and oxygen atoms in total. The molecule has 4 heteroatoms. The maximum atomic E-state index is 4.68. The number of nitrogens with zero attached hydrogens (tertiary/aromatic N) is 3. The van der Waals surface area contributed by atoms with Gasteiger partial charge in [0.2, 0.25) is 5.95 Å². The standard InChI is InChI=1S/C18H24N4/c1-14-6-5-11-22(13-14)18-19-10-9-17(21-18)20-12-16-8-4-3-7-15(16)2/h3-4,7-10,14H,5-6,11-13H2,1-2H3,(H,19,20,21). The quantitative estimate of drug-likeness (QED) is 0.935. The molecule has 1 unspecified atom stereocenters. The zero-order chi connectivity index (χ0) is 15.4. The first-order chi connectivity index (χ1) is 10.7. The molecule has 1 N–H and O–H groups in total. The maximum Gasteiger partial charge on any atom is 0.227 e. The maximum absolute atomic E-state index is 4.68. The average Bonchev–Trinajstić information content (AvgIpc) is 2.54. The lowest BCUT2D eigenvalue weighted by molar-refractivity contribution is 0.442. The minimum atomic E-state index is 0.723. The van der Waals surface area contributed by atoms with Crippen molar-refractivity contribution in [3.63, 3.8) is 0 Å². The third kappa shape index (κ3) is 3.56. The highest BCUT2D eigenvalue weighted by molar-refractivity contribution is 5.42. The molecule has 0 bridgehead atoms. The van der Waals surface area contributed by atoms with Gasteiger partial charge in [-0.15, -0.1) is 0 Å². The fourth-order valence-electron chi connectivity index (χ4n) is 2.96. The Morgan fingerprint density at radius 1 is 1.27 bits per heavy atom. The monoisotopic (exact) mass is 296 g/mol. The molecule has 0 aliphatic carbocycles. The largest absolute Gasteiger partial charge is 0.366 e. The summed E-state index contributed by atoms with van der Waals surface area (Å²) in [5.74, 6) is 2.47. The normalized spacial score (nSPS) is 18.3. The number of nitrogens with one attached hydrogen (secondary N) is 1. The van der Waals surface area contributed by atoms with Gasteiger partial charge in [0.25, 0.3) is 0 Å². The SMILES string of the molecule is Cc1ccccc1CNc1ccnc(N2CCCC(C)C2)n1.